The van der Waals surface area contributed by atoms with Crippen molar-refractivity contribution in [1.29, 1.82) is 0 Å². The topological polar surface area (TPSA) is 270 Å². The molecule has 0 aliphatic rings. The highest BCUT2D eigenvalue weighted by molar-refractivity contribution is 7.91. The van der Waals surface area contributed by atoms with Crippen LogP contribution in [0, 0.1) is 0 Å². The quantitative estimate of drug-likeness (QED) is 0.0588. The summed E-state index contributed by atoms with van der Waals surface area (Å²) < 4.78 is 90.2. The Morgan fingerprint density at radius 2 is 1.53 bits per heavy atom. The molecule has 4 aromatic rings. The lowest BCUT2D eigenvalue weighted by Crippen LogP contribution is -2.33. The minimum absolute atomic E-state index is 0.0637. The largest absolute Gasteiger partial charge is 0.506 e. The molecule has 0 saturated carbocycles. The number of nitrogens with zero attached hydrogens (tertiary/aromatic N) is 2. The summed E-state index contributed by atoms with van der Waals surface area (Å²) >= 11 is 0. The molecular weight excluding hydrogens is 683 g/mol. The van der Waals surface area contributed by atoms with Gasteiger partial charge in [-0.15, -0.1) is 10.2 Å². The molecule has 0 atom stereocenters. The fourth-order valence-electron chi connectivity index (χ4n) is 4.06. The van der Waals surface area contributed by atoms with Crippen LogP contribution in [0.15, 0.2) is 87.9 Å². The highest BCUT2D eigenvalue weighted by Crippen LogP contribution is 2.41. The minimum atomic E-state index is -4.80. The number of fused-ring (bicyclic) bond motifs is 1. The zero-order chi connectivity index (χ0) is 34.4. The van der Waals surface area contributed by atoms with E-state index in [1.165, 1.54) is 18.2 Å². The second-order valence-corrected chi connectivity index (χ2v) is 14.4. The Balaban J connectivity index is 1.53. The van der Waals surface area contributed by atoms with Crippen LogP contribution >= 0.6 is 0 Å². The van der Waals surface area contributed by atoms with E-state index in [0.717, 1.165) is 23.6 Å². The van der Waals surface area contributed by atoms with E-state index in [9.17, 15) is 44.8 Å². The van der Waals surface area contributed by atoms with Gasteiger partial charge in [0.1, 0.15) is 17.1 Å². The van der Waals surface area contributed by atoms with Crippen molar-refractivity contribution in [2.45, 2.75) is 4.90 Å². The molecule has 0 unspecified atom stereocenters. The first-order chi connectivity index (χ1) is 22.0. The number of benzene rings is 4. The van der Waals surface area contributed by atoms with Gasteiger partial charge in [-0.25, -0.2) is 17.4 Å². The molecule has 0 fully saturated rings. The standard InChI is InChI=1S/C27H27N5O12S3/c33-24-11-9-18(46(38,39)40)16-23(24)29-20-10-8-17-4-1-2-5-19(17)25(20)32-31-22-7-3-6-21(26(22)34)30-27(35)28-12-14-45(36,37)15-13-44-47(41,42)43/h1-11,16,29,33-34H,12-15H2,(H2,28,30,35)(H,38,39,40)(H,41,42,43). The lowest BCUT2D eigenvalue weighted by atomic mass is 10.1. The van der Waals surface area contributed by atoms with Crippen LogP contribution in [0.25, 0.3) is 10.8 Å². The summed E-state index contributed by atoms with van der Waals surface area (Å²) in [5.74, 6) is -2.12. The van der Waals surface area contributed by atoms with E-state index < -0.39 is 65.1 Å². The van der Waals surface area contributed by atoms with E-state index in [0.29, 0.717) is 5.39 Å². The number of phenols is 2. The van der Waals surface area contributed by atoms with Crippen molar-refractivity contribution in [1.82, 2.24) is 5.32 Å². The van der Waals surface area contributed by atoms with Crippen molar-refractivity contribution >= 4 is 75.6 Å². The van der Waals surface area contributed by atoms with Gasteiger partial charge in [0.2, 0.25) is 0 Å². The second-order valence-electron chi connectivity index (χ2n) is 9.62. The molecule has 2 amide bonds. The molecular formula is C27H27N5O12S3. The molecule has 4 aromatic carbocycles. The Bertz CT molecular complexity index is 2170. The zero-order valence-corrected chi connectivity index (χ0v) is 26.4. The molecule has 47 heavy (non-hydrogen) atoms. The van der Waals surface area contributed by atoms with Crippen LogP contribution in [0.2, 0.25) is 0 Å². The number of aromatic hydroxyl groups is 2. The number of carbonyl (C=O) groups excluding carboxylic acids is 1. The highest BCUT2D eigenvalue weighted by atomic mass is 32.3. The number of amides is 2. The van der Waals surface area contributed by atoms with Gasteiger partial charge in [-0.1, -0.05) is 36.4 Å². The molecule has 250 valence electrons. The number of hydrogen-bond donors (Lipinski definition) is 7. The van der Waals surface area contributed by atoms with Gasteiger partial charge in [-0.05, 0) is 41.8 Å². The molecule has 20 heteroatoms. The number of urea groups is 1. The van der Waals surface area contributed by atoms with Gasteiger partial charge in [0, 0.05) is 11.9 Å². The van der Waals surface area contributed by atoms with Crippen LogP contribution < -0.4 is 16.0 Å². The van der Waals surface area contributed by atoms with Crippen molar-refractivity contribution in [3.05, 3.63) is 72.8 Å². The Hall–Kier alpha value is -4.86. The van der Waals surface area contributed by atoms with Crippen molar-refractivity contribution < 1.29 is 53.5 Å². The predicted octanol–water partition coefficient (Wildman–Crippen LogP) is 4.01. The van der Waals surface area contributed by atoms with Gasteiger partial charge in [0.25, 0.3) is 10.1 Å². The normalized spacial score (nSPS) is 12.3. The Kier molecular flexibility index (Phi) is 10.6. The third-order valence-electron chi connectivity index (χ3n) is 6.28. The van der Waals surface area contributed by atoms with E-state index in [4.69, 9.17) is 4.55 Å². The van der Waals surface area contributed by atoms with Crippen LogP contribution in [0.1, 0.15) is 0 Å². The smallest absolute Gasteiger partial charge is 0.397 e. The number of para-hydroxylation sites is 1. The third kappa shape index (κ3) is 9.81. The van der Waals surface area contributed by atoms with Crippen molar-refractivity contribution in [3.63, 3.8) is 0 Å². The third-order valence-corrected chi connectivity index (χ3v) is 9.21. The zero-order valence-electron chi connectivity index (χ0n) is 23.9. The first-order valence-electron chi connectivity index (χ1n) is 13.2. The molecule has 0 bridgehead atoms. The monoisotopic (exact) mass is 709 g/mol. The average Bonchev–Trinajstić information content (AvgIpc) is 2.97. The predicted molar refractivity (Wildman–Crippen MR) is 171 cm³/mol. The molecule has 4 rings (SSSR count). The van der Waals surface area contributed by atoms with Crippen LogP contribution in [0.4, 0.5) is 33.2 Å². The fourth-order valence-corrected chi connectivity index (χ4v) is 5.92. The lowest BCUT2D eigenvalue weighted by molar-refractivity contribution is 0.252. The number of azo groups is 1. The second kappa shape index (κ2) is 14.3. The summed E-state index contributed by atoms with van der Waals surface area (Å²) in [4.78, 5) is 11.9. The summed E-state index contributed by atoms with van der Waals surface area (Å²) in [6, 6.07) is 16.8. The Morgan fingerprint density at radius 1 is 0.787 bits per heavy atom. The maximum absolute atomic E-state index is 12.4. The van der Waals surface area contributed by atoms with E-state index in [1.807, 2.05) is 0 Å². The van der Waals surface area contributed by atoms with Crippen molar-refractivity contribution in [2.75, 3.05) is 35.3 Å². The van der Waals surface area contributed by atoms with E-state index in [-0.39, 0.29) is 40.7 Å². The molecule has 0 aromatic heterocycles. The van der Waals surface area contributed by atoms with Crippen LogP contribution in [-0.4, -0.2) is 75.3 Å². The summed E-state index contributed by atoms with van der Waals surface area (Å²) in [7, 11) is -13.2. The first-order valence-corrected chi connectivity index (χ1v) is 17.9. The molecule has 0 heterocycles. The maximum Gasteiger partial charge on any atom is 0.397 e. The summed E-state index contributed by atoms with van der Waals surface area (Å²) in [6.45, 7) is -1.18. The van der Waals surface area contributed by atoms with Gasteiger partial charge >= 0.3 is 16.4 Å². The van der Waals surface area contributed by atoms with Gasteiger partial charge in [0.15, 0.2) is 15.6 Å². The van der Waals surface area contributed by atoms with Gasteiger partial charge < -0.3 is 26.2 Å². The van der Waals surface area contributed by atoms with Gasteiger partial charge in [0.05, 0.1) is 40.1 Å². The maximum atomic E-state index is 12.4. The van der Waals surface area contributed by atoms with E-state index >= 15 is 0 Å². The summed E-state index contributed by atoms with van der Waals surface area (Å²) in [6.07, 6.45) is 0. The number of rotatable bonds is 13. The van der Waals surface area contributed by atoms with Crippen LogP contribution in [-0.2, 0) is 34.5 Å². The van der Waals surface area contributed by atoms with E-state index in [2.05, 4.69) is 30.4 Å². The molecule has 0 spiro atoms. The summed E-state index contributed by atoms with van der Waals surface area (Å²) in [5.41, 5.74) is 0.235. The lowest BCUT2D eigenvalue weighted by Gasteiger charge is -2.13. The van der Waals surface area contributed by atoms with Crippen molar-refractivity contribution in [2.24, 2.45) is 10.2 Å². The average molecular weight is 710 g/mol. The van der Waals surface area contributed by atoms with Gasteiger partial charge in [-0.2, -0.15) is 16.8 Å². The van der Waals surface area contributed by atoms with E-state index in [1.54, 1.807) is 36.4 Å². The van der Waals surface area contributed by atoms with Crippen LogP contribution in [0.5, 0.6) is 11.5 Å². The highest BCUT2D eigenvalue weighted by Gasteiger charge is 2.17. The Labute approximate surface area is 268 Å². The molecule has 17 nitrogen and oxygen atoms in total. The fraction of sp³-hybridized carbons (Fsp3) is 0.148. The SMILES string of the molecule is O=C(NCCS(=O)(=O)CCOS(=O)(=O)O)Nc1cccc(N=Nc2c(Nc3cc(S(=O)(=O)O)ccc3O)ccc3ccccc23)c1O. The van der Waals surface area contributed by atoms with Crippen molar-refractivity contribution in [3.8, 4) is 11.5 Å². The molecule has 7 N–H and O–H groups in total. The first kappa shape index (κ1) is 35.0. The van der Waals surface area contributed by atoms with Crippen LogP contribution in [0.3, 0.4) is 0 Å². The molecule has 0 radical (unpaired) electrons. The number of anilines is 3. The number of hydrogen-bond acceptors (Lipinski definition) is 13. The van der Waals surface area contributed by atoms with Gasteiger partial charge in [-0.3, -0.25) is 9.11 Å². The Morgan fingerprint density at radius 3 is 2.26 bits per heavy atom. The number of nitrogens with one attached hydrogen (secondary N) is 3. The molecule has 0 aliphatic carbocycles. The molecule has 0 aliphatic heterocycles. The number of sulfone groups is 1. The minimum Gasteiger partial charge on any atom is -0.506 e. The summed E-state index contributed by atoms with van der Waals surface area (Å²) in [5, 5.41) is 38.4. The number of carbonyl (C=O) groups is 1. The molecule has 0 saturated heterocycles. The number of phenolic OH excluding ortho intramolecular Hbond substituents is 2.